The van der Waals surface area contributed by atoms with Gasteiger partial charge < -0.3 is 15.3 Å². The third kappa shape index (κ3) is 4.46. The van der Waals surface area contributed by atoms with Crippen molar-refractivity contribution in [3.05, 3.63) is 30.3 Å². The summed E-state index contributed by atoms with van der Waals surface area (Å²) < 4.78 is 0. The Kier molecular flexibility index (Phi) is 5.16. The normalized spacial score (nSPS) is 17.3. The van der Waals surface area contributed by atoms with Gasteiger partial charge in [-0.25, -0.2) is 4.79 Å². The van der Waals surface area contributed by atoms with Crippen molar-refractivity contribution in [2.75, 3.05) is 38.0 Å². The van der Waals surface area contributed by atoms with Gasteiger partial charge in [0.25, 0.3) is 0 Å². The molecule has 1 saturated heterocycles. The van der Waals surface area contributed by atoms with Gasteiger partial charge in [0.15, 0.2) is 0 Å². The number of carbonyl (C=O) groups is 2. The Bertz CT molecular complexity index is 484. The smallest absolute Gasteiger partial charge is 0.321 e. The van der Waals surface area contributed by atoms with Crippen LogP contribution in [0, 0.1) is 5.92 Å². The summed E-state index contributed by atoms with van der Waals surface area (Å²) in [5.74, 6) is -1.16. The lowest BCUT2D eigenvalue weighted by molar-refractivity contribution is -0.141. The molecule has 0 bridgehead atoms. The van der Waals surface area contributed by atoms with Crippen LogP contribution < -0.4 is 5.32 Å². The number of amides is 2. The van der Waals surface area contributed by atoms with Gasteiger partial charge in [-0.2, -0.15) is 0 Å². The van der Waals surface area contributed by atoms with Crippen molar-refractivity contribution in [3.8, 4) is 0 Å². The predicted octanol–water partition coefficient (Wildman–Crippen LogP) is 1.56. The quantitative estimate of drug-likeness (QED) is 0.883. The van der Waals surface area contributed by atoms with E-state index in [4.69, 9.17) is 5.11 Å². The van der Waals surface area contributed by atoms with Gasteiger partial charge in [-0.05, 0) is 12.1 Å². The molecule has 6 nitrogen and oxygen atoms in total. The zero-order chi connectivity index (χ0) is 15.2. The van der Waals surface area contributed by atoms with E-state index >= 15 is 0 Å². The number of nitrogens with one attached hydrogen (secondary N) is 1. The van der Waals surface area contributed by atoms with Gasteiger partial charge in [0.1, 0.15) is 0 Å². The van der Waals surface area contributed by atoms with Crippen LogP contribution in [0.1, 0.15) is 6.92 Å². The Balaban J connectivity index is 1.78. The Morgan fingerprint density at radius 1 is 1.19 bits per heavy atom. The van der Waals surface area contributed by atoms with Crippen molar-refractivity contribution in [3.63, 3.8) is 0 Å². The number of carbonyl (C=O) groups excluding carboxylic acids is 1. The molecular formula is C15H21N3O3. The molecular weight excluding hydrogens is 270 g/mol. The zero-order valence-corrected chi connectivity index (χ0v) is 12.2. The number of para-hydroxylation sites is 1. The Labute approximate surface area is 124 Å². The number of rotatable bonds is 4. The lowest BCUT2D eigenvalue weighted by Crippen LogP contribution is -2.51. The van der Waals surface area contributed by atoms with Crippen LogP contribution >= 0.6 is 0 Å². The SMILES string of the molecule is CC(CN1CCN(C(=O)Nc2ccccc2)CC1)C(=O)O. The molecule has 21 heavy (non-hydrogen) atoms. The van der Waals surface area contributed by atoms with Crippen LogP contribution in [-0.4, -0.2) is 59.6 Å². The molecule has 1 heterocycles. The maximum atomic E-state index is 12.1. The summed E-state index contributed by atoms with van der Waals surface area (Å²) in [5.41, 5.74) is 0.782. The van der Waals surface area contributed by atoms with Crippen molar-refractivity contribution in [2.45, 2.75) is 6.92 Å². The fourth-order valence-corrected chi connectivity index (χ4v) is 2.32. The number of aliphatic carboxylic acids is 1. The van der Waals surface area contributed by atoms with Gasteiger partial charge in [0.2, 0.25) is 0 Å². The molecule has 1 fully saturated rings. The number of anilines is 1. The molecule has 1 unspecified atom stereocenters. The maximum Gasteiger partial charge on any atom is 0.321 e. The van der Waals surface area contributed by atoms with Crippen LogP contribution in [0.25, 0.3) is 0 Å². The van der Waals surface area contributed by atoms with Crippen LogP contribution in [0.2, 0.25) is 0 Å². The number of nitrogens with zero attached hydrogens (tertiary/aromatic N) is 2. The fraction of sp³-hybridized carbons (Fsp3) is 0.467. The summed E-state index contributed by atoms with van der Waals surface area (Å²) in [4.78, 5) is 26.8. The second-order valence-electron chi connectivity index (χ2n) is 5.32. The van der Waals surface area contributed by atoms with E-state index in [0.717, 1.165) is 5.69 Å². The molecule has 0 radical (unpaired) electrons. The first kappa shape index (κ1) is 15.3. The van der Waals surface area contributed by atoms with E-state index in [0.29, 0.717) is 32.7 Å². The Morgan fingerprint density at radius 3 is 2.38 bits per heavy atom. The highest BCUT2D eigenvalue weighted by Gasteiger charge is 2.23. The van der Waals surface area contributed by atoms with Gasteiger partial charge in [0.05, 0.1) is 5.92 Å². The molecule has 1 aromatic carbocycles. The Morgan fingerprint density at radius 2 is 1.81 bits per heavy atom. The molecule has 1 aromatic rings. The molecule has 2 N–H and O–H groups in total. The number of urea groups is 1. The van der Waals surface area contributed by atoms with E-state index < -0.39 is 5.97 Å². The minimum absolute atomic E-state index is 0.105. The van der Waals surface area contributed by atoms with Crippen molar-refractivity contribution >= 4 is 17.7 Å². The monoisotopic (exact) mass is 291 g/mol. The summed E-state index contributed by atoms with van der Waals surface area (Å²) in [5, 5.41) is 11.8. The molecule has 0 aromatic heterocycles. The van der Waals surface area contributed by atoms with Gasteiger partial charge in [0, 0.05) is 38.4 Å². The lowest BCUT2D eigenvalue weighted by atomic mass is 10.1. The average Bonchev–Trinajstić information content (AvgIpc) is 2.48. The molecule has 1 atom stereocenters. The largest absolute Gasteiger partial charge is 0.481 e. The molecule has 114 valence electrons. The first-order chi connectivity index (χ1) is 10.1. The van der Waals surface area contributed by atoms with E-state index in [9.17, 15) is 9.59 Å². The second kappa shape index (κ2) is 7.08. The number of benzene rings is 1. The third-order valence-electron chi connectivity index (χ3n) is 3.64. The highest BCUT2D eigenvalue weighted by Crippen LogP contribution is 2.10. The van der Waals surface area contributed by atoms with Crippen molar-refractivity contribution in [1.29, 1.82) is 0 Å². The predicted molar refractivity (Wildman–Crippen MR) is 80.3 cm³/mol. The summed E-state index contributed by atoms with van der Waals surface area (Å²) in [6, 6.07) is 9.25. The Hall–Kier alpha value is -2.08. The minimum Gasteiger partial charge on any atom is -0.481 e. The van der Waals surface area contributed by atoms with E-state index in [1.54, 1.807) is 11.8 Å². The fourth-order valence-electron chi connectivity index (χ4n) is 2.32. The summed E-state index contributed by atoms with van der Waals surface area (Å²) in [7, 11) is 0. The number of carboxylic acid groups (broad SMARTS) is 1. The molecule has 2 amide bonds. The molecule has 6 heteroatoms. The van der Waals surface area contributed by atoms with Crippen molar-refractivity contribution in [1.82, 2.24) is 9.80 Å². The van der Waals surface area contributed by atoms with E-state index in [1.165, 1.54) is 0 Å². The molecule has 0 spiro atoms. The van der Waals surface area contributed by atoms with Crippen LogP contribution in [0.15, 0.2) is 30.3 Å². The highest BCUT2D eigenvalue weighted by molar-refractivity contribution is 5.89. The lowest BCUT2D eigenvalue weighted by Gasteiger charge is -2.35. The number of hydrogen-bond acceptors (Lipinski definition) is 3. The maximum absolute atomic E-state index is 12.1. The molecule has 2 rings (SSSR count). The minimum atomic E-state index is -0.778. The molecule has 1 aliphatic heterocycles. The average molecular weight is 291 g/mol. The van der Waals surface area contributed by atoms with Crippen molar-refractivity contribution < 1.29 is 14.7 Å². The van der Waals surface area contributed by atoms with Crippen LogP contribution in [-0.2, 0) is 4.79 Å². The second-order valence-corrected chi connectivity index (χ2v) is 5.32. The number of hydrogen-bond donors (Lipinski definition) is 2. The van der Waals surface area contributed by atoms with E-state index in [-0.39, 0.29) is 11.9 Å². The molecule has 0 aliphatic carbocycles. The van der Waals surface area contributed by atoms with Crippen LogP contribution in [0.3, 0.4) is 0 Å². The number of piperazine rings is 1. The highest BCUT2D eigenvalue weighted by atomic mass is 16.4. The summed E-state index contributed by atoms with van der Waals surface area (Å²) in [6.45, 7) is 4.88. The molecule has 0 saturated carbocycles. The van der Waals surface area contributed by atoms with E-state index in [1.807, 2.05) is 30.3 Å². The topological polar surface area (TPSA) is 72.9 Å². The van der Waals surface area contributed by atoms with Gasteiger partial charge in [-0.3, -0.25) is 9.69 Å². The summed E-state index contributed by atoms with van der Waals surface area (Å²) >= 11 is 0. The zero-order valence-electron chi connectivity index (χ0n) is 12.2. The first-order valence-corrected chi connectivity index (χ1v) is 7.12. The van der Waals surface area contributed by atoms with Gasteiger partial charge in [-0.15, -0.1) is 0 Å². The van der Waals surface area contributed by atoms with Crippen molar-refractivity contribution in [2.24, 2.45) is 5.92 Å². The van der Waals surface area contributed by atoms with Crippen LogP contribution in [0.4, 0.5) is 10.5 Å². The third-order valence-corrected chi connectivity index (χ3v) is 3.64. The van der Waals surface area contributed by atoms with Gasteiger partial charge >= 0.3 is 12.0 Å². The standard InChI is InChI=1S/C15H21N3O3/c1-12(14(19)20)11-17-7-9-18(10-8-17)15(21)16-13-5-3-2-4-6-13/h2-6,12H,7-11H2,1H3,(H,16,21)(H,19,20). The van der Waals surface area contributed by atoms with Crippen LogP contribution in [0.5, 0.6) is 0 Å². The summed E-state index contributed by atoms with van der Waals surface area (Å²) in [6.07, 6.45) is 0. The van der Waals surface area contributed by atoms with Gasteiger partial charge in [-0.1, -0.05) is 25.1 Å². The van der Waals surface area contributed by atoms with E-state index in [2.05, 4.69) is 10.2 Å². The number of carboxylic acids is 1. The first-order valence-electron chi connectivity index (χ1n) is 7.12. The molecule has 1 aliphatic rings.